The van der Waals surface area contributed by atoms with Crippen LogP contribution in [0.3, 0.4) is 0 Å². The fourth-order valence-corrected chi connectivity index (χ4v) is 9.94. The maximum Gasteiger partial charge on any atom is 0.306 e. The third-order valence-electron chi connectivity index (χ3n) is 15.2. The molecule has 0 spiro atoms. The molecule has 83 heavy (non-hydrogen) atoms. The lowest BCUT2D eigenvalue weighted by Gasteiger charge is -2.18. The first-order chi connectivity index (χ1) is 41.0. The Morgan fingerprint density at radius 3 is 0.759 bits per heavy atom. The lowest BCUT2D eigenvalue weighted by molar-refractivity contribution is -0.167. The van der Waals surface area contributed by atoms with Gasteiger partial charge < -0.3 is 14.2 Å². The summed E-state index contributed by atoms with van der Waals surface area (Å²) >= 11 is 0. The molecule has 0 aromatic heterocycles. The Morgan fingerprint density at radius 1 is 0.253 bits per heavy atom. The van der Waals surface area contributed by atoms with Crippen LogP contribution in [0.25, 0.3) is 0 Å². The van der Waals surface area contributed by atoms with Crippen LogP contribution < -0.4 is 0 Å². The molecule has 0 radical (unpaired) electrons. The van der Waals surface area contributed by atoms with Gasteiger partial charge in [-0.2, -0.15) is 0 Å². The number of ether oxygens (including phenoxy) is 3. The van der Waals surface area contributed by atoms with Gasteiger partial charge in [0.15, 0.2) is 6.10 Å². The Kier molecular flexibility index (Phi) is 67.2. The van der Waals surface area contributed by atoms with Gasteiger partial charge in [0, 0.05) is 19.3 Å². The molecule has 0 bridgehead atoms. The number of rotatable bonds is 64. The number of hydrogen-bond donors (Lipinski definition) is 0. The van der Waals surface area contributed by atoms with Crippen LogP contribution in [0, 0.1) is 0 Å². The predicted octanol–water partition coefficient (Wildman–Crippen LogP) is 24.6. The minimum atomic E-state index is -0.789. The first kappa shape index (κ1) is 79.1. The van der Waals surface area contributed by atoms with E-state index in [9.17, 15) is 14.4 Å². The van der Waals surface area contributed by atoms with E-state index >= 15 is 0 Å². The lowest BCUT2D eigenvalue weighted by Crippen LogP contribution is -2.30. The second kappa shape index (κ2) is 70.6. The van der Waals surface area contributed by atoms with E-state index in [1.165, 1.54) is 193 Å². The van der Waals surface area contributed by atoms with E-state index in [1.54, 1.807) is 0 Å². The summed E-state index contributed by atoms with van der Waals surface area (Å²) < 4.78 is 17.0. The van der Waals surface area contributed by atoms with Gasteiger partial charge in [-0.1, -0.05) is 304 Å². The molecule has 0 N–H and O–H groups in total. The first-order valence-electron chi connectivity index (χ1n) is 35.4. The molecule has 0 aromatic rings. The van der Waals surface area contributed by atoms with Crippen molar-refractivity contribution in [2.24, 2.45) is 0 Å². The summed E-state index contributed by atoms with van der Waals surface area (Å²) in [7, 11) is 0. The summed E-state index contributed by atoms with van der Waals surface area (Å²) in [6.45, 7) is 6.52. The zero-order valence-corrected chi connectivity index (χ0v) is 54.7. The number of unbranched alkanes of at least 4 members (excludes halogenated alkanes) is 35. The molecule has 0 aliphatic heterocycles. The summed E-state index contributed by atoms with van der Waals surface area (Å²) in [5, 5.41) is 0. The quantitative estimate of drug-likeness (QED) is 0.0261. The van der Waals surface area contributed by atoms with Gasteiger partial charge in [-0.15, -0.1) is 0 Å². The van der Waals surface area contributed by atoms with E-state index in [2.05, 4.69) is 130 Å². The molecule has 1 atom stereocenters. The molecule has 0 aliphatic rings. The summed E-state index contributed by atoms with van der Waals surface area (Å²) in [5.74, 6) is -0.883. The molecule has 1 unspecified atom stereocenters. The van der Waals surface area contributed by atoms with E-state index in [0.717, 1.165) is 109 Å². The maximum atomic E-state index is 13.0. The summed E-state index contributed by atoms with van der Waals surface area (Å²) in [5.41, 5.74) is 0. The molecule has 0 saturated carbocycles. The van der Waals surface area contributed by atoms with Crippen molar-refractivity contribution in [1.82, 2.24) is 0 Å². The van der Waals surface area contributed by atoms with Gasteiger partial charge in [-0.25, -0.2) is 0 Å². The highest BCUT2D eigenvalue weighted by Crippen LogP contribution is 2.17. The summed E-state index contributed by atoms with van der Waals surface area (Å²) in [4.78, 5) is 38.5. The second-order valence-corrected chi connectivity index (χ2v) is 23.4. The molecule has 0 heterocycles. The molecule has 0 aliphatic carbocycles. The van der Waals surface area contributed by atoms with Crippen LogP contribution in [0.2, 0.25) is 0 Å². The highest BCUT2D eigenvalue weighted by Gasteiger charge is 2.19. The van der Waals surface area contributed by atoms with Gasteiger partial charge in [0.25, 0.3) is 0 Å². The SMILES string of the molecule is CC/C=C\C/C=C\C/C=C\C/C=C\C/C=C\CCCCCCCCCCCC(=O)OCC(COC(=O)CCCCCCCCCCC/C=C\C/C=C\CCCCC)OC(=O)CCCCCCCCCCC/C=C\C/C=C\CCCCCCC. The van der Waals surface area contributed by atoms with Crippen molar-refractivity contribution in [3.63, 3.8) is 0 Å². The van der Waals surface area contributed by atoms with E-state index in [-0.39, 0.29) is 31.1 Å². The Hall–Kier alpha value is -3.93. The molecule has 476 valence electrons. The number of esters is 3. The van der Waals surface area contributed by atoms with Crippen molar-refractivity contribution in [3.8, 4) is 0 Å². The third kappa shape index (κ3) is 68.7. The van der Waals surface area contributed by atoms with Crippen molar-refractivity contribution in [3.05, 3.63) is 109 Å². The molecular weight excluding hydrogens is 1020 g/mol. The van der Waals surface area contributed by atoms with Crippen molar-refractivity contribution in [1.29, 1.82) is 0 Å². The Morgan fingerprint density at radius 2 is 0.470 bits per heavy atom. The van der Waals surface area contributed by atoms with Crippen molar-refractivity contribution in [2.75, 3.05) is 13.2 Å². The van der Waals surface area contributed by atoms with Crippen molar-refractivity contribution >= 4 is 17.9 Å². The van der Waals surface area contributed by atoms with Crippen molar-refractivity contribution < 1.29 is 28.6 Å². The number of carbonyl (C=O) groups is 3. The first-order valence-corrected chi connectivity index (χ1v) is 35.4. The van der Waals surface area contributed by atoms with Gasteiger partial charge in [0.2, 0.25) is 0 Å². The summed E-state index contributed by atoms with van der Waals surface area (Å²) in [6.07, 6.45) is 96.7. The van der Waals surface area contributed by atoms with Gasteiger partial charge in [-0.05, 0) is 128 Å². The average molecular weight is 1150 g/mol. The van der Waals surface area contributed by atoms with Crippen LogP contribution in [0.5, 0.6) is 0 Å². The minimum Gasteiger partial charge on any atom is -0.462 e. The number of hydrogen-bond acceptors (Lipinski definition) is 6. The molecule has 0 fully saturated rings. The Bertz CT molecular complexity index is 1660. The predicted molar refractivity (Wildman–Crippen MR) is 362 cm³/mol. The molecule has 6 nitrogen and oxygen atoms in total. The fraction of sp³-hybridized carbons (Fsp3) is 0.727. The topological polar surface area (TPSA) is 78.9 Å². The molecular formula is C77H132O6. The van der Waals surface area contributed by atoms with Crippen LogP contribution >= 0.6 is 0 Å². The average Bonchev–Trinajstić information content (AvgIpc) is 3.50. The zero-order valence-electron chi connectivity index (χ0n) is 54.7. The molecule has 0 amide bonds. The summed E-state index contributed by atoms with van der Waals surface area (Å²) in [6, 6.07) is 0. The van der Waals surface area contributed by atoms with Crippen LogP contribution in [0.15, 0.2) is 109 Å². The monoisotopic (exact) mass is 1150 g/mol. The van der Waals surface area contributed by atoms with E-state index in [0.29, 0.717) is 19.3 Å². The van der Waals surface area contributed by atoms with Crippen molar-refractivity contribution in [2.45, 2.75) is 348 Å². The number of allylic oxidation sites excluding steroid dienone is 18. The molecule has 0 rings (SSSR count). The normalized spacial score (nSPS) is 12.8. The van der Waals surface area contributed by atoms with E-state index < -0.39 is 6.10 Å². The largest absolute Gasteiger partial charge is 0.462 e. The second-order valence-electron chi connectivity index (χ2n) is 23.4. The molecule has 0 saturated heterocycles. The van der Waals surface area contributed by atoms with Crippen LogP contribution in [-0.2, 0) is 28.6 Å². The van der Waals surface area contributed by atoms with Crippen LogP contribution in [0.1, 0.15) is 342 Å². The lowest BCUT2D eigenvalue weighted by atomic mass is 10.1. The van der Waals surface area contributed by atoms with E-state index in [1.807, 2.05) is 0 Å². The van der Waals surface area contributed by atoms with Gasteiger partial charge in [0.1, 0.15) is 13.2 Å². The highest BCUT2D eigenvalue weighted by atomic mass is 16.6. The smallest absolute Gasteiger partial charge is 0.306 e. The van der Waals surface area contributed by atoms with Gasteiger partial charge >= 0.3 is 17.9 Å². The third-order valence-corrected chi connectivity index (χ3v) is 15.2. The maximum absolute atomic E-state index is 13.0. The van der Waals surface area contributed by atoms with Crippen LogP contribution in [0.4, 0.5) is 0 Å². The van der Waals surface area contributed by atoms with Gasteiger partial charge in [0.05, 0.1) is 0 Å². The fourth-order valence-electron chi connectivity index (χ4n) is 9.94. The van der Waals surface area contributed by atoms with E-state index in [4.69, 9.17) is 14.2 Å². The number of carbonyl (C=O) groups excluding carboxylic acids is 3. The van der Waals surface area contributed by atoms with Crippen LogP contribution in [-0.4, -0.2) is 37.2 Å². The highest BCUT2D eigenvalue weighted by molar-refractivity contribution is 5.71. The Balaban J connectivity index is 4.40. The Labute approximate surface area is 514 Å². The minimum absolute atomic E-state index is 0.0832. The zero-order chi connectivity index (χ0) is 59.9. The molecule has 6 heteroatoms. The van der Waals surface area contributed by atoms with Gasteiger partial charge in [-0.3, -0.25) is 14.4 Å². The standard InChI is InChI=1S/C77H132O6/c1-4-7-10-13-16-19-22-25-28-31-34-36-37-38-39-41-43-46-49-52-55-58-61-64-67-70-76(79)82-73-74(72-81-75(78)69-66-63-60-57-54-51-48-45-42-33-30-27-24-21-18-15-12-9-6-3)83-77(80)71-68-65-62-59-56-53-50-47-44-40-35-32-29-26-23-20-17-14-11-8-5-2/h7,10,16,18-19,21,23,25-28,30,32,34-36,38-39,74H,4-6,8-9,11-15,17,20,22,24,29,31,33,37,40-73H2,1-3H3/b10-7-,19-16-,21-18-,26-23-,28-25-,30-27-,35-32-,36-34-,39-38-. The molecule has 0 aromatic carbocycles.